The fraction of sp³-hybridized carbons (Fsp3) is 0.600. The standard InChI is InChI=1S/C15H23N/c1-12-7-6-8-13(11-12)15(16)10-5-4-9-14(15,2)3/h6-8,11H,4-5,9-10,16H2,1-3H3. The van der Waals surface area contributed by atoms with Gasteiger partial charge in [-0.15, -0.1) is 0 Å². The summed E-state index contributed by atoms with van der Waals surface area (Å²) in [5.74, 6) is 0. The normalized spacial score (nSPS) is 29.0. The van der Waals surface area contributed by atoms with Gasteiger partial charge in [0.2, 0.25) is 0 Å². The molecule has 1 fully saturated rings. The molecule has 1 aliphatic carbocycles. The van der Waals surface area contributed by atoms with Gasteiger partial charge in [0.15, 0.2) is 0 Å². The fourth-order valence-corrected chi connectivity index (χ4v) is 2.99. The number of benzene rings is 1. The van der Waals surface area contributed by atoms with E-state index in [1.54, 1.807) is 0 Å². The molecule has 1 aliphatic rings. The summed E-state index contributed by atoms with van der Waals surface area (Å²) in [4.78, 5) is 0. The molecule has 0 aliphatic heterocycles. The van der Waals surface area contributed by atoms with Crippen LogP contribution in [0.5, 0.6) is 0 Å². The van der Waals surface area contributed by atoms with Crippen LogP contribution in [0.1, 0.15) is 50.7 Å². The molecule has 1 atom stereocenters. The highest BCUT2D eigenvalue weighted by molar-refractivity contribution is 5.31. The van der Waals surface area contributed by atoms with Crippen LogP contribution in [0, 0.1) is 12.3 Å². The molecule has 1 nitrogen and oxygen atoms in total. The van der Waals surface area contributed by atoms with Crippen LogP contribution in [0.3, 0.4) is 0 Å². The van der Waals surface area contributed by atoms with Crippen molar-refractivity contribution in [2.24, 2.45) is 11.1 Å². The molecule has 0 radical (unpaired) electrons. The largest absolute Gasteiger partial charge is 0.321 e. The van der Waals surface area contributed by atoms with Crippen LogP contribution in [0.2, 0.25) is 0 Å². The van der Waals surface area contributed by atoms with Crippen LogP contribution in [-0.4, -0.2) is 0 Å². The lowest BCUT2D eigenvalue weighted by atomic mass is 9.61. The first-order valence-electron chi connectivity index (χ1n) is 6.32. The van der Waals surface area contributed by atoms with E-state index in [1.807, 2.05) is 0 Å². The van der Waals surface area contributed by atoms with Crippen molar-refractivity contribution in [3.05, 3.63) is 35.4 Å². The molecule has 0 amide bonds. The summed E-state index contributed by atoms with van der Waals surface area (Å²) < 4.78 is 0. The van der Waals surface area contributed by atoms with Crippen LogP contribution in [0.25, 0.3) is 0 Å². The molecule has 1 aromatic rings. The number of hydrogen-bond acceptors (Lipinski definition) is 1. The van der Waals surface area contributed by atoms with Gasteiger partial charge in [-0.05, 0) is 30.7 Å². The zero-order valence-corrected chi connectivity index (χ0v) is 10.7. The van der Waals surface area contributed by atoms with Crippen molar-refractivity contribution in [1.82, 2.24) is 0 Å². The summed E-state index contributed by atoms with van der Waals surface area (Å²) in [6, 6.07) is 8.72. The Bertz CT molecular complexity index is 381. The van der Waals surface area contributed by atoms with Gasteiger partial charge < -0.3 is 5.73 Å². The zero-order chi connectivity index (χ0) is 11.8. The monoisotopic (exact) mass is 217 g/mol. The average molecular weight is 217 g/mol. The van der Waals surface area contributed by atoms with Gasteiger partial charge in [-0.1, -0.05) is 56.5 Å². The number of aryl methyl sites for hydroxylation is 1. The molecule has 2 rings (SSSR count). The molecular weight excluding hydrogens is 194 g/mol. The summed E-state index contributed by atoms with van der Waals surface area (Å²) in [7, 11) is 0. The van der Waals surface area contributed by atoms with Crippen molar-refractivity contribution in [3.8, 4) is 0 Å². The van der Waals surface area contributed by atoms with E-state index >= 15 is 0 Å². The molecule has 0 heterocycles. The Morgan fingerprint density at radius 3 is 2.44 bits per heavy atom. The highest BCUT2D eigenvalue weighted by Gasteiger charge is 2.44. The molecular formula is C15H23N. The molecule has 16 heavy (non-hydrogen) atoms. The van der Waals surface area contributed by atoms with E-state index in [0.717, 1.165) is 6.42 Å². The van der Waals surface area contributed by atoms with E-state index in [9.17, 15) is 0 Å². The maximum atomic E-state index is 6.73. The minimum Gasteiger partial charge on any atom is -0.321 e. The Morgan fingerprint density at radius 2 is 1.81 bits per heavy atom. The topological polar surface area (TPSA) is 26.0 Å². The smallest absolute Gasteiger partial charge is 0.0461 e. The molecule has 1 heteroatoms. The van der Waals surface area contributed by atoms with E-state index in [2.05, 4.69) is 45.0 Å². The molecule has 0 saturated heterocycles. The third kappa shape index (κ3) is 1.78. The molecule has 88 valence electrons. The Labute approximate surface area is 99.0 Å². The lowest BCUT2D eigenvalue weighted by molar-refractivity contribution is 0.0978. The van der Waals surface area contributed by atoms with Crippen LogP contribution >= 0.6 is 0 Å². The van der Waals surface area contributed by atoms with Gasteiger partial charge >= 0.3 is 0 Å². The molecule has 1 aromatic carbocycles. The van der Waals surface area contributed by atoms with E-state index in [1.165, 1.54) is 30.4 Å². The second-order valence-electron chi connectivity index (χ2n) is 5.93. The van der Waals surface area contributed by atoms with Crippen molar-refractivity contribution in [2.75, 3.05) is 0 Å². The predicted molar refractivity (Wildman–Crippen MR) is 69.3 cm³/mol. The van der Waals surface area contributed by atoms with E-state index in [0.29, 0.717) is 0 Å². The Balaban J connectivity index is 2.43. The number of hydrogen-bond donors (Lipinski definition) is 1. The molecule has 2 N–H and O–H groups in total. The minimum atomic E-state index is -0.142. The third-order valence-electron chi connectivity index (χ3n) is 4.36. The summed E-state index contributed by atoms with van der Waals surface area (Å²) in [5, 5.41) is 0. The van der Waals surface area contributed by atoms with Crippen molar-refractivity contribution >= 4 is 0 Å². The van der Waals surface area contributed by atoms with Crippen LogP contribution in [-0.2, 0) is 5.54 Å². The second kappa shape index (κ2) is 3.89. The minimum absolute atomic E-state index is 0.142. The van der Waals surface area contributed by atoms with Gasteiger partial charge in [-0.3, -0.25) is 0 Å². The predicted octanol–water partition coefficient (Wildman–Crippen LogP) is 3.75. The van der Waals surface area contributed by atoms with Crippen LogP contribution < -0.4 is 5.73 Å². The lowest BCUT2D eigenvalue weighted by Crippen LogP contribution is -2.51. The Morgan fingerprint density at radius 1 is 1.12 bits per heavy atom. The van der Waals surface area contributed by atoms with Crippen LogP contribution in [0.4, 0.5) is 0 Å². The van der Waals surface area contributed by atoms with Gasteiger partial charge in [0.25, 0.3) is 0 Å². The van der Waals surface area contributed by atoms with Crippen molar-refractivity contribution in [1.29, 1.82) is 0 Å². The maximum absolute atomic E-state index is 6.73. The first-order chi connectivity index (χ1) is 7.46. The van der Waals surface area contributed by atoms with Gasteiger partial charge in [0.1, 0.15) is 0 Å². The van der Waals surface area contributed by atoms with Gasteiger partial charge in [0.05, 0.1) is 0 Å². The van der Waals surface area contributed by atoms with Crippen LogP contribution in [0.15, 0.2) is 24.3 Å². The molecule has 1 unspecified atom stereocenters. The summed E-state index contributed by atoms with van der Waals surface area (Å²) in [6.07, 6.45) is 4.92. The summed E-state index contributed by atoms with van der Waals surface area (Å²) >= 11 is 0. The SMILES string of the molecule is Cc1cccc(C2(N)CCCCC2(C)C)c1. The lowest BCUT2D eigenvalue weighted by Gasteiger charge is -2.48. The Hall–Kier alpha value is -0.820. The third-order valence-corrected chi connectivity index (χ3v) is 4.36. The first-order valence-corrected chi connectivity index (χ1v) is 6.32. The fourth-order valence-electron chi connectivity index (χ4n) is 2.99. The van der Waals surface area contributed by atoms with Crippen molar-refractivity contribution in [2.45, 2.75) is 52.0 Å². The van der Waals surface area contributed by atoms with Crippen molar-refractivity contribution in [3.63, 3.8) is 0 Å². The average Bonchev–Trinajstić information content (AvgIpc) is 2.22. The van der Waals surface area contributed by atoms with Crippen molar-refractivity contribution < 1.29 is 0 Å². The van der Waals surface area contributed by atoms with Gasteiger partial charge in [-0.2, -0.15) is 0 Å². The molecule has 0 bridgehead atoms. The maximum Gasteiger partial charge on any atom is 0.0461 e. The highest BCUT2D eigenvalue weighted by atomic mass is 14.8. The van der Waals surface area contributed by atoms with Gasteiger partial charge in [0, 0.05) is 5.54 Å². The zero-order valence-electron chi connectivity index (χ0n) is 10.7. The first kappa shape index (κ1) is 11.7. The molecule has 0 aromatic heterocycles. The highest BCUT2D eigenvalue weighted by Crippen LogP contribution is 2.48. The number of nitrogens with two attached hydrogens (primary N) is 1. The molecule has 0 spiro atoms. The van der Waals surface area contributed by atoms with Gasteiger partial charge in [-0.25, -0.2) is 0 Å². The van der Waals surface area contributed by atoms with E-state index < -0.39 is 0 Å². The molecule has 1 saturated carbocycles. The number of rotatable bonds is 1. The second-order valence-corrected chi connectivity index (χ2v) is 5.93. The Kier molecular flexibility index (Phi) is 2.83. The summed E-state index contributed by atoms with van der Waals surface area (Å²) in [6.45, 7) is 6.77. The quantitative estimate of drug-likeness (QED) is 0.761. The van der Waals surface area contributed by atoms with E-state index in [-0.39, 0.29) is 11.0 Å². The van der Waals surface area contributed by atoms with E-state index in [4.69, 9.17) is 5.73 Å². The summed E-state index contributed by atoms with van der Waals surface area (Å²) in [5.41, 5.74) is 9.42.